The van der Waals surface area contributed by atoms with Crippen LogP contribution in [0.25, 0.3) is 0 Å². The van der Waals surface area contributed by atoms with E-state index in [9.17, 15) is 9.59 Å². The summed E-state index contributed by atoms with van der Waals surface area (Å²) in [5.41, 5.74) is 2.92. The molecule has 0 aromatic heterocycles. The van der Waals surface area contributed by atoms with Crippen molar-refractivity contribution in [3.8, 4) is 11.5 Å². The third kappa shape index (κ3) is 5.57. The quantitative estimate of drug-likeness (QED) is 0.327. The molecule has 1 aliphatic carbocycles. The van der Waals surface area contributed by atoms with Gasteiger partial charge in [-0.3, -0.25) is 9.59 Å². The first-order valence-corrected chi connectivity index (χ1v) is 8.08. The SMILES string of the molecule is CCCCOc1ccc(/C=N\NC(=O)C(=O)NC2CC2)cc1OC. The van der Waals surface area contributed by atoms with Crippen LogP contribution in [0.3, 0.4) is 0 Å². The number of hydrogen-bond acceptors (Lipinski definition) is 5. The Morgan fingerprint density at radius 3 is 2.75 bits per heavy atom. The van der Waals surface area contributed by atoms with E-state index >= 15 is 0 Å². The van der Waals surface area contributed by atoms with Crippen LogP contribution in [0.1, 0.15) is 38.2 Å². The molecule has 0 aliphatic heterocycles. The lowest BCUT2D eigenvalue weighted by Gasteiger charge is -2.10. The summed E-state index contributed by atoms with van der Waals surface area (Å²) in [6.45, 7) is 2.73. The Morgan fingerprint density at radius 2 is 2.08 bits per heavy atom. The molecule has 1 saturated carbocycles. The summed E-state index contributed by atoms with van der Waals surface area (Å²) in [6, 6.07) is 5.47. The Labute approximate surface area is 141 Å². The zero-order valence-electron chi connectivity index (χ0n) is 14.0. The number of methoxy groups -OCH3 is 1. The smallest absolute Gasteiger partial charge is 0.329 e. The molecule has 2 N–H and O–H groups in total. The predicted octanol–water partition coefficient (Wildman–Crippen LogP) is 1.60. The minimum Gasteiger partial charge on any atom is -0.493 e. The fourth-order valence-electron chi connectivity index (χ4n) is 1.91. The molecular formula is C17H23N3O4. The van der Waals surface area contributed by atoms with Gasteiger partial charge in [-0.25, -0.2) is 5.43 Å². The fourth-order valence-corrected chi connectivity index (χ4v) is 1.91. The van der Waals surface area contributed by atoms with Crippen molar-refractivity contribution in [2.75, 3.05) is 13.7 Å². The zero-order valence-corrected chi connectivity index (χ0v) is 14.0. The topological polar surface area (TPSA) is 89.0 Å². The number of amides is 2. The van der Waals surface area contributed by atoms with Gasteiger partial charge in [0.15, 0.2) is 11.5 Å². The molecule has 0 bridgehead atoms. The summed E-state index contributed by atoms with van der Waals surface area (Å²) in [7, 11) is 1.56. The van der Waals surface area contributed by atoms with E-state index in [2.05, 4.69) is 22.8 Å². The summed E-state index contributed by atoms with van der Waals surface area (Å²) >= 11 is 0. The summed E-state index contributed by atoms with van der Waals surface area (Å²) in [6.07, 6.45) is 5.33. The first-order valence-electron chi connectivity index (χ1n) is 8.08. The largest absolute Gasteiger partial charge is 0.493 e. The second-order valence-corrected chi connectivity index (χ2v) is 5.56. The van der Waals surface area contributed by atoms with Crippen molar-refractivity contribution in [3.05, 3.63) is 23.8 Å². The van der Waals surface area contributed by atoms with Gasteiger partial charge in [-0.2, -0.15) is 5.10 Å². The molecule has 1 aromatic carbocycles. The molecule has 7 heteroatoms. The highest BCUT2D eigenvalue weighted by atomic mass is 16.5. The molecule has 0 atom stereocenters. The molecule has 24 heavy (non-hydrogen) atoms. The van der Waals surface area contributed by atoms with Crippen LogP contribution >= 0.6 is 0 Å². The molecule has 0 radical (unpaired) electrons. The van der Waals surface area contributed by atoms with Crippen LogP contribution in [0, 0.1) is 0 Å². The highest BCUT2D eigenvalue weighted by Crippen LogP contribution is 2.27. The van der Waals surface area contributed by atoms with Crippen molar-refractivity contribution in [2.45, 2.75) is 38.6 Å². The Bertz CT molecular complexity index is 612. The number of nitrogens with one attached hydrogen (secondary N) is 2. The van der Waals surface area contributed by atoms with Gasteiger partial charge in [0.05, 0.1) is 19.9 Å². The first kappa shape index (κ1) is 17.8. The van der Waals surface area contributed by atoms with Crippen molar-refractivity contribution in [3.63, 3.8) is 0 Å². The van der Waals surface area contributed by atoms with Crippen LogP contribution in [-0.2, 0) is 9.59 Å². The number of ether oxygens (including phenoxy) is 2. The molecule has 1 fully saturated rings. The lowest BCUT2D eigenvalue weighted by Crippen LogP contribution is -2.38. The van der Waals surface area contributed by atoms with Crippen LogP contribution in [0.5, 0.6) is 11.5 Å². The monoisotopic (exact) mass is 333 g/mol. The average molecular weight is 333 g/mol. The van der Waals surface area contributed by atoms with Gasteiger partial charge in [0.25, 0.3) is 0 Å². The number of hydrogen-bond donors (Lipinski definition) is 2. The van der Waals surface area contributed by atoms with E-state index < -0.39 is 11.8 Å². The van der Waals surface area contributed by atoms with E-state index in [4.69, 9.17) is 9.47 Å². The van der Waals surface area contributed by atoms with E-state index in [0.29, 0.717) is 18.1 Å². The lowest BCUT2D eigenvalue weighted by atomic mass is 10.2. The van der Waals surface area contributed by atoms with E-state index in [1.165, 1.54) is 6.21 Å². The van der Waals surface area contributed by atoms with Crippen molar-refractivity contribution >= 4 is 18.0 Å². The summed E-state index contributed by atoms with van der Waals surface area (Å²) in [4.78, 5) is 23.0. The van der Waals surface area contributed by atoms with Gasteiger partial charge >= 0.3 is 11.8 Å². The molecule has 2 rings (SSSR count). The van der Waals surface area contributed by atoms with E-state index in [1.807, 2.05) is 0 Å². The van der Waals surface area contributed by atoms with Crippen molar-refractivity contribution in [1.29, 1.82) is 0 Å². The molecule has 7 nitrogen and oxygen atoms in total. The first-order chi connectivity index (χ1) is 11.6. The lowest BCUT2D eigenvalue weighted by molar-refractivity contribution is -0.139. The molecule has 0 heterocycles. The number of carbonyl (C=O) groups is 2. The van der Waals surface area contributed by atoms with Gasteiger partial charge in [-0.15, -0.1) is 0 Å². The van der Waals surface area contributed by atoms with E-state index in [0.717, 1.165) is 31.2 Å². The Hall–Kier alpha value is -2.57. The maximum atomic E-state index is 11.5. The van der Waals surface area contributed by atoms with Crippen LogP contribution in [0.4, 0.5) is 0 Å². The summed E-state index contributed by atoms with van der Waals surface area (Å²) in [5.74, 6) is -0.180. The van der Waals surface area contributed by atoms with Gasteiger partial charge in [-0.05, 0) is 43.0 Å². The number of rotatable bonds is 8. The van der Waals surface area contributed by atoms with E-state index in [1.54, 1.807) is 25.3 Å². The van der Waals surface area contributed by atoms with Crippen molar-refractivity contribution in [1.82, 2.24) is 10.7 Å². The Morgan fingerprint density at radius 1 is 1.29 bits per heavy atom. The van der Waals surface area contributed by atoms with Crippen LogP contribution in [0.15, 0.2) is 23.3 Å². The predicted molar refractivity (Wildman–Crippen MR) is 90.3 cm³/mol. The molecule has 0 spiro atoms. The van der Waals surface area contributed by atoms with Gasteiger partial charge < -0.3 is 14.8 Å². The minimum atomic E-state index is -0.773. The van der Waals surface area contributed by atoms with Crippen LogP contribution < -0.4 is 20.2 Å². The second-order valence-electron chi connectivity index (χ2n) is 5.56. The number of nitrogens with zero attached hydrogens (tertiary/aromatic N) is 1. The maximum absolute atomic E-state index is 11.5. The van der Waals surface area contributed by atoms with Gasteiger partial charge in [-0.1, -0.05) is 13.3 Å². The zero-order chi connectivity index (χ0) is 17.4. The van der Waals surface area contributed by atoms with Gasteiger partial charge in [0.2, 0.25) is 0 Å². The molecule has 2 amide bonds. The molecule has 1 aliphatic rings. The molecular weight excluding hydrogens is 310 g/mol. The third-order valence-corrected chi connectivity index (χ3v) is 3.44. The number of unbranched alkanes of at least 4 members (excludes halogenated alkanes) is 1. The Balaban J connectivity index is 1.88. The molecule has 1 aromatic rings. The second kappa shape index (κ2) is 8.90. The van der Waals surface area contributed by atoms with Gasteiger partial charge in [0, 0.05) is 6.04 Å². The molecule has 0 unspecified atom stereocenters. The van der Waals surface area contributed by atoms with Gasteiger partial charge in [0.1, 0.15) is 0 Å². The van der Waals surface area contributed by atoms with Crippen LogP contribution in [0.2, 0.25) is 0 Å². The average Bonchev–Trinajstić information content (AvgIpc) is 3.39. The van der Waals surface area contributed by atoms with Crippen molar-refractivity contribution < 1.29 is 19.1 Å². The van der Waals surface area contributed by atoms with E-state index in [-0.39, 0.29) is 6.04 Å². The normalized spacial score (nSPS) is 13.6. The minimum absolute atomic E-state index is 0.136. The number of hydrazone groups is 1. The molecule has 130 valence electrons. The molecule has 0 saturated heterocycles. The standard InChI is InChI=1S/C17H23N3O4/c1-3-4-9-24-14-8-5-12(10-15(14)23-2)11-18-20-17(22)16(21)19-13-6-7-13/h5,8,10-11,13H,3-4,6-7,9H2,1-2H3,(H,19,21)(H,20,22)/b18-11-. The highest BCUT2D eigenvalue weighted by molar-refractivity contribution is 6.35. The summed E-state index contributed by atoms with van der Waals surface area (Å²) < 4.78 is 10.9. The number of carbonyl (C=O) groups excluding carboxylic acids is 2. The fraction of sp³-hybridized carbons (Fsp3) is 0.471. The maximum Gasteiger partial charge on any atom is 0.329 e. The highest BCUT2D eigenvalue weighted by Gasteiger charge is 2.26. The Kier molecular flexibility index (Phi) is 6.60. The van der Waals surface area contributed by atoms with Crippen LogP contribution in [-0.4, -0.2) is 37.8 Å². The number of benzene rings is 1. The summed E-state index contributed by atoms with van der Waals surface area (Å²) in [5, 5.41) is 6.38. The third-order valence-electron chi connectivity index (χ3n) is 3.44. The van der Waals surface area contributed by atoms with Crippen molar-refractivity contribution in [2.24, 2.45) is 5.10 Å².